The first-order valence-electron chi connectivity index (χ1n) is 8.21. The van der Waals surface area contributed by atoms with Gasteiger partial charge in [0.25, 0.3) is 0 Å². The molecule has 1 aliphatic heterocycles. The maximum atomic E-state index is 4.80. The van der Waals surface area contributed by atoms with Crippen molar-refractivity contribution in [2.45, 2.75) is 40.3 Å². The van der Waals surface area contributed by atoms with Crippen LogP contribution in [0.1, 0.15) is 33.4 Å². The van der Waals surface area contributed by atoms with Crippen LogP contribution in [0.5, 0.6) is 0 Å². The lowest BCUT2D eigenvalue weighted by Crippen LogP contribution is -2.47. The second kappa shape index (κ2) is 7.76. The van der Waals surface area contributed by atoms with E-state index in [1.165, 1.54) is 6.54 Å². The fourth-order valence-corrected chi connectivity index (χ4v) is 2.73. The molecular weight excluding hydrogens is 260 g/mol. The van der Waals surface area contributed by atoms with E-state index in [1.54, 1.807) is 0 Å². The Kier molecular flexibility index (Phi) is 6.00. The lowest BCUT2D eigenvalue weighted by atomic mass is 10.2. The number of aromatic nitrogens is 1. The van der Waals surface area contributed by atoms with Gasteiger partial charge in [-0.1, -0.05) is 33.8 Å². The molecule has 0 aliphatic carbocycles. The van der Waals surface area contributed by atoms with Crippen LogP contribution in [0.4, 0.5) is 5.82 Å². The Bertz CT molecular complexity index is 423. The van der Waals surface area contributed by atoms with Crippen LogP contribution in [-0.4, -0.2) is 48.6 Å². The minimum absolute atomic E-state index is 0.495. The zero-order valence-electron chi connectivity index (χ0n) is 14.0. The molecule has 1 aromatic rings. The molecule has 2 heterocycles. The zero-order chi connectivity index (χ0) is 15.2. The Morgan fingerprint density at radius 2 is 1.81 bits per heavy atom. The summed E-state index contributed by atoms with van der Waals surface area (Å²) in [6.07, 6.45) is 0. The van der Waals surface area contributed by atoms with Gasteiger partial charge in [0.1, 0.15) is 5.82 Å². The SMILES string of the molecule is CC(C)CN1CCN(c2cccc(CNC(C)C)n2)CC1. The molecular formula is C17H30N4. The van der Waals surface area contributed by atoms with Crippen LogP contribution in [0.3, 0.4) is 0 Å². The average Bonchev–Trinajstić information content (AvgIpc) is 2.45. The lowest BCUT2D eigenvalue weighted by molar-refractivity contribution is 0.231. The van der Waals surface area contributed by atoms with Gasteiger partial charge in [-0.3, -0.25) is 4.90 Å². The van der Waals surface area contributed by atoms with E-state index < -0.39 is 0 Å². The monoisotopic (exact) mass is 290 g/mol. The van der Waals surface area contributed by atoms with Gasteiger partial charge in [-0.05, 0) is 18.1 Å². The predicted molar refractivity (Wildman–Crippen MR) is 89.7 cm³/mol. The van der Waals surface area contributed by atoms with Gasteiger partial charge >= 0.3 is 0 Å². The number of piperazine rings is 1. The van der Waals surface area contributed by atoms with E-state index in [2.05, 4.69) is 61.0 Å². The number of nitrogens with one attached hydrogen (secondary N) is 1. The van der Waals surface area contributed by atoms with Crippen LogP contribution in [0, 0.1) is 5.92 Å². The Morgan fingerprint density at radius 3 is 2.43 bits per heavy atom. The molecule has 21 heavy (non-hydrogen) atoms. The third kappa shape index (κ3) is 5.29. The van der Waals surface area contributed by atoms with Crippen molar-refractivity contribution in [3.05, 3.63) is 23.9 Å². The average molecular weight is 290 g/mol. The minimum Gasteiger partial charge on any atom is -0.354 e. The molecule has 0 spiro atoms. The van der Waals surface area contributed by atoms with E-state index in [-0.39, 0.29) is 0 Å². The van der Waals surface area contributed by atoms with Crippen LogP contribution >= 0.6 is 0 Å². The van der Waals surface area contributed by atoms with Crippen LogP contribution in [0.2, 0.25) is 0 Å². The standard InChI is InChI=1S/C17H30N4/c1-14(2)13-20-8-10-21(11-9-20)17-7-5-6-16(19-17)12-18-15(3)4/h5-7,14-15,18H,8-13H2,1-4H3. The number of hydrogen-bond acceptors (Lipinski definition) is 4. The first-order valence-corrected chi connectivity index (χ1v) is 8.21. The summed E-state index contributed by atoms with van der Waals surface area (Å²) in [6.45, 7) is 15.4. The third-order valence-electron chi connectivity index (χ3n) is 3.80. The van der Waals surface area contributed by atoms with Crippen LogP contribution in [-0.2, 0) is 6.54 Å². The normalized spacial score (nSPS) is 17.0. The highest BCUT2D eigenvalue weighted by molar-refractivity contribution is 5.39. The van der Waals surface area contributed by atoms with Crippen molar-refractivity contribution >= 4 is 5.82 Å². The molecule has 118 valence electrons. The van der Waals surface area contributed by atoms with Crippen molar-refractivity contribution in [2.75, 3.05) is 37.6 Å². The van der Waals surface area contributed by atoms with Crippen molar-refractivity contribution in [3.63, 3.8) is 0 Å². The van der Waals surface area contributed by atoms with E-state index in [1.807, 2.05) is 0 Å². The molecule has 0 unspecified atom stereocenters. The van der Waals surface area contributed by atoms with Gasteiger partial charge in [-0.15, -0.1) is 0 Å². The summed E-state index contributed by atoms with van der Waals surface area (Å²) < 4.78 is 0. The van der Waals surface area contributed by atoms with Gasteiger partial charge in [0.15, 0.2) is 0 Å². The Morgan fingerprint density at radius 1 is 1.10 bits per heavy atom. The molecule has 0 aromatic carbocycles. The van der Waals surface area contributed by atoms with Gasteiger partial charge < -0.3 is 10.2 Å². The maximum absolute atomic E-state index is 4.80. The van der Waals surface area contributed by atoms with Crippen molar-refractivity contribution in [1.82, 2.24) is 15.2 Å². The second-order valence-electron chi connectivity index (χ2n) is 6.70. The summed E-state index contributed by atoms with van der Waals surface area (Å²) in [6, 6.07) is 6.86. The fraction of sp³-hybridized carbons (Fsp3) is 0.706. The molecule has 4 nitrogen and oxygen atoms in total. The summed E-state index contributed by atoms with van der Waals surface area (Å²) in [7, 11) is 0. The number of anilines is 1. The smallest absolute Gasteiger partial charge is 0.128 e. The molecule has 2 rings (SSSR count). The van der Waals surface area contributed by atoms with Gasteiger partial charge in [0, 0.05) is 45.3 Å². The van der Waals surface area contributed by atoms with Gasteiger partial charge in [-0.2, -0.15) is 0 Å². The van der Waals surface area contributed by atoms with E-state index in [4.69, 9.17) is 4.98 Å². The van der Waals surface area contributed by atoms with E-state index >= 15 is 0 Å². The Balaban J connectivity index is 1.89. The molecule has 1 fully saturated rings. The lowest BCUT2D eigenvalue weighted by Gasteiger charge is -2.36. The highest BCUT2D eigenvalue weighted by Crippen LogP contribution is 2.15. The first-order chi connectivity index (χ1) is 10.0. The minimum atomic E-state index is 0.495. The van der Waals surface area contributed by atoms with Crippen LogP contribution in [0.15, 0.2) is 18.2 Å². The molecule has 0 amide bonds. The zero-order valence-corrected chi connectivity index (χ0v) is 14.0. The molecule has 1 aromatic heterocycles. The molecule has 1 saturated heterocycles. The quantitative estimate of drug-likeness (QED) is 0.871. The first kappa shape index (κ1) is 16.2. The second-order valence-corrected chi connectivity index (χ2v) is 6.70. The largest absolute Gasteiger partial charge is 0.354 e. The molecule has 0 bridgehead atoms. The Hall–Kier alpha value is -1.13. The van der Waals surface area contributed by atoms with Crippen molar-refractivity contribution in [1.29, 1.82) is 0 Å². The van der Waals surface area contributed by atoms with Crippen molar-refractivity contribution < 1.29 is 0 Å². The maximum Gasteiger partial charge on any atom is 0.128 e. The third-order valence-corrected chi connectivity index (χ3v) is 3.80. The predicted octanol–water partition coefficient (Wildman–Crippen LogP) is 2.36. The molecule has 0 atom stereocenters. The summed E-state index contributed by atoms with van der Waals surface area (Å²) >= 11 is 0. The molecule has 0 saturated carbocycles. The highest BCUT2D eigenvalue weighted by atomic mass is 15.3. The fourth-order valence-electron chi connectivity index (χ4n) is 2.73. The van der Waals surface area contributed by atoms with Crippen LogP contribution < -0.4 is 10.2 Å². The van der Waals surface area contributed by atoms with Crippen molar-refractivity contribution in [3.8, 4) is 0 Å². The summed E-state index contributed by atoms with van der Waals surface area (Å²) in [5.74, 6) is 1.88. The van der Waals surface area contributed by atoms with Gasteiger partial charge in [0.2, 0.25) is 0 Å². The summed E-state index contributed by atoms with van der Waals surface area (Å²) in [5.41, 5.74) is 1.13. The summed E-state index contributed by atoms with van der Waals surface area (Å²) in [4.78, 5) is 9.77. The van der Waals surface area contributed by atoms with Gasteiger partial charge in [0.05, 0.1) is 5.69 Å². The summed E-state index contributed by atoms with van der Waals surface area (Å²) in [5, 5.41) is 3.43. The van der Waals surface area contributed by atoms with Crippen LogP contribution in [0.25, 0.3) is 0 Å². The number of pyridine rings is 1. The highest BCUT2D eigenvalue weighted by Gasteiger charge is 2.18. The van der Waals surface area contributed by atoms with E-state index in [0.717, 1.165) is 50.2 Å². The molecule has 0 radical (unpaired) electrons. The molecule has 4 heteroatoms. The van der Waals surface area contributed by atoms with E-state index in [0.29, 0.717) is 6.04 Å². The number of hydrogen-bond donors (Lipinski definition) is 1. The van der Waals surface area contributed by atoms with Crippen molar-refractivity contribution in [2.24, 2.45) is 5.92 Å². The van der Waals surface area contributed by atoms with Gasteiger partial charge in [-0.25, -0.2) is 4.98 Å². The number of nitrogens with zero attached hydrogens (tertiary/aromatic N) is 3. The molecule has 1 aliphatic rings. The Labute approximate surface area is 129 Å². The van der Waals surface area contributed by atoms with E-state index in [9.17, 15) is 0 Å². The molecule has 1 N–H and O–H groups in total. The topological polar surface area (TPSA) is 31.4 Å². The number of rotatable bonds is 6.